The van der Waals surface area contributed by atoms with Crippen molar-refractivity contribution in [3.05, 3.63) is 48.2 Å². The van der Waals surface area contributed by atoms with Crippen LogP contribution in [0.2, 0.25) is 0 Å². The van der Waals surface area contributed by atoms with Crippen molar-refractivity contribution in [2.75, 3.05) is 0 Å². The van der Waals surface area contributed by atoms with E-state index in [0.29, 0.717) is 11.7 Å². The molecule has 6 nitrogen and oxygen atoms in total. The SMILES string of the molecule is CC(C)CCCc1ccc(Oc2ccc(-c3nn[nH]n3)cn2)cc1. The van der Waals surface area contributed by atoms with Crippen molar-refractivity contribution in [1.82, 2.24) is 25.6 Å². The van der Waals surface area contributed by atoms with Crippen LogP contribution in [0.1, 0.15) is 32.3 Å². The molecule has 24 heavy (non-hydrogen) atoms. The molecule has 3 rings (SSSR count). The second kappa shape index (κ2) is 7.68. The predicted octanol–water partition coefficient (Wildman–Crippen LogP) is 4.03. The third-order valence-corrected chi connectivity index (χ3v) is 3.73. The third kappa shape index (κ3) is 4.38. The van der Waals surface area contributed by atoms with Crippen molar-refractivity contribution in [2.24, 2.45) is 5.92 Å². The van der Waals surface area contributed by atoms with Gasteiger partial charge in [-0.1, -0.05) is 32.4 Å². The molecule has 0 aliphatic rings. The smallest absolute Gasteiger partial charge is 0.219 e. The average Bonchev–Trinajstić information content (AvgIpc) is 3.11. The van der Waals surface area contributed by atoms with Gasteiger partial charge in [0.2, 0.25) is 11.7 Å². The summed E-state index contributed by atoms with van der Waals surface area (Å²) in [6.07, 6.45) is 5.25. The number of nitrogens with one attached hydrogen (secondary N) is 1. The minimum absolute atomic E-state index is 0.514. The van der Waals surface area contributed by atoms with Crippen LogP contribution >= 0.6 is 0 Å². The quantitative estimate of drug-likeness (QED) is 0.710. The molecule has 1 aromatic carbocycles. The van der Waals surface area contributed by atoms with Crippen molar-refractivity contribution in [1.29, 1.82) is 0 Å². The van der Waals surface area contributed by atoms with Crippen molar-refractivity contribution in [3.8, 4) is 23.0 Å². The van der Waals surface area contributed by atoms with Gasteiger partial charge in [-0.05, 0) is 47.7 Å². The Hall–Kier alpha value is -2.76. The topological polar surface area (TPSA) is 76.6 Å². The maximum absolute atomic E-state index is 5.77. The fraction of sp³-hybridized carbons (Fsp3) is 0.333. The van der Waals surface area contributed by atoms with E-state index in [1.165, 1.54) is 18.4 Å². The monoisotopic (exact) mass is 323 g/mol. The van der Waals surface area contributed by atoms with E-state index in [4.69, 9.17) is 4.74 Å². The van der Waals surface area contributed by atoms with Gasteiger partial charge in [0, 0.05) is 17.8 Å². The first kappa shape index (κ1) is 16.1. The number of hydrogen-bond acceptors (Lipinski definition) is 5. The van der Waals surface area contributed by atoms with Gasteiger partial charge < -0.3 is 4.74 Å². The lowest BCUT2D eigenvalue weighted by atomic mass is 10.0. The normalized spacial score (nSPS) is 11.0. The van der Waals surface area contributed by atoms with Gasteiger partial charge >= 0.3 is 0 Å². The van der Waals surface area contributed by atoms with Gasteiger partial charge in [0.1, 0.15) is 5.75 Å². The average molecular weight is 323 g/mol. The van der Waals surface area contributed by atoms with Gasteiger partial charge in [-0.3, -0.25) is 0 Å². The highest BCUT2D eigenvalue weighted by Gasteiger charge is 2.05. The Kier molecular flexibility index (Phi) is 5.15. The Morgan fingerprint density at radius 1 is 1.08 bits per heavy atom. The number of pyridine rings is 1. The molecular weight excluding hydrogens is 302 g/mol. The molecular formula is C18H21N5O. The second-order valence-corrected chi connectivity index (χ2v) is 6.15. The molecule has 0 unspecified atom stereocenters. The largest absolute Gasteiger partial charge is 0.439 e. The Morgan fingerprint density at radius 2 is 1.92 bits per heavy atom. The molecule has 0 aliphatic carbocycles. The lowest BCUT2D eigenvalue weighted by molar-refractivity contribution is 0.463. The highest BCUT2D eigenvalue weighted by molar-refractivity contribution is 5.52. The Morgan fingerprint density at radius 3 is 2.54 bits per heavy atom. The molecule has 0 aliphatic heterocycles. The maximum Gasteiger partial charge on any atom is 0.219 e. The van der Waals surface area contributed by atoms with E-state index >= 15 is 0 Å². The number of aryl methyl sites for hydroxylation is 1. The first-order chi connectivity index (χ1) is 11.7. The summed E-state index contributed by atoms with van der Waals surface area (Å²) in [5.74, 6) is 2.59. The minimum atomic E-state index is 0.514. The molecule has 124 valence electrons. The van der Waals surface area contributed by atoms with E-state index in [-0.39, 0.29) is 0 Å². The lowest BCUT2D eigenvalue weighted by Crippen LogP contribution is -1.92. The van der Waals surface area contributed by atoms with Crippen LogP contribution in [0, 0.1) is 5.92 Å². The highest BCUT2D eigenvalue weighted by atomic mass is 16.5. The Balaban J connectivity index is 1.57. The van der Waals surface area contributed by atoms with Crippen LogP contribution in [0.5, 0.6) is 11.6 Å². The summed E-state index contributed by atoms with van der Waals surface area (Å²) in [5, 5.41) is 13.8. The summed E-state index contributed by atoms with van der Waals surface area (Å²) in [4.78, 5) is 4.28. The number of nitrogens with zero attached hydrogens (tertiary/aromatic N) is 4. The molecule has 3 aromatic rings. The minimum Gasteiger partial charge on any atom is -0.439 e. The summed E-state index contributed by atoms with van der Waals surface area (Å²) >= 11 is 0. The molecule has 1 N–H and O–H groups in total. The van der Waals surface area contributed by atoms with Crippen molar-refractivity contribution >= 4 is 0 Å². The first-order valence-corrected chi connectivity index (χ1v) is 8.17. The highest BCUT2D eigenvalue weighted by Crippen LogP contribution is 2.22. The van der Waals surface area contributed by atoms with Crippen LogP contribution in [-0.2, 0) is 6.42 Å². The lowest BCUT2D eigenvalue weighted by Gasteiger charge is -2.07. The summed E-state index contributed by atoms with van der Waals surface area (Å²) in [6.45, 7) is 4.52. The number of aromatic amines is 1. The van der Waals surface area contributed by atoms with Gasteiger partial charge in [-0.25, -0.2) is 4.98 Å². The van der Waals surface area contributed by atoms with Crippen LogP contribution in [0.4, 0.5) is 0 Å². The van der Waals surface area contributed by atoms with E-state index < -0.39 is 0 Å². The molecule has 0 saturated heterocycles. The zero-order chi connectivity index (χ0) is 16.8. The van der Waals surface area contributed by atoms with Gasteiger partial charge in [0.05, 0.1) is 0 Å². The van der Waals surface area contributed by atoms with E-state index in [0.717, 1.165) is 23.7 Å². The van der Waals surface area contributed by atoms with Crippen LogP contribution in [-0.4, -0.2) is 25.6 Å². The number of tetrazole rings is 1. The van der Waals surface area contributed by atoms with Crippen LogP contribution < -0.4 is 4.74 Å². The number of H-pyrrole nitrogens is 1. The van der Waals surface area contributed by atoms with Crippen LogP contribution in [0.3, 0.4) is 0 Å². The zero-order valence-corrected chi connectivity index (χ0v) is 13.9. The van der Waals surface area contributed by atoms with Gasteiger partial charge in [-0.15, -0.1) is 10.2 Å². The predicted molar refractivity (Wildman–Crippen MR) is 91.7 cm³/mol. The van der Waals surface area contributed by atoms with Gasteiger partial charge in [-0.2, -0.15) is 5.21 Å². The van der Waals surface area contributed by atoms with Crippen LogP contribution in [0.25, 0.3) is 11.4 Å². The fourth-order valence-corrected chi connectivity index (χ4v) is 2.42. The first-order valence-electron chi connectivity index (χ1n) is 8.17. The molecule has 2 aromatic heterocycles. The number of aromatic nitrogens is 5. The standard InChI is InChI=1S/C18H21N5O/c1-13(2)4-3-5-14-6-9-16(10-7-14)24-17-11-8-15(12-19-17)18-20-22-23-21-18/h6-13H,3-5H2,1-2H3,(H,20,21,22,23). The molecule has 2 heterocycles. The Labute approximate surface area is 141 Å². The van der Waals surface area contributed by atoms with Crippen molar-refractivity contribution in [3.63, 3.8) is 0 Å². The molecule has 0 spiro atoms. The third-order valence-electron chi connectivity index (χ3n) is 3.73. The molecule has 0 amide bonds. The van der Waals surface area contributed by atoms with E-state index in [2.05, 4.69) is 51.6 Å². The van der Waals surface area contributed by atoms with Gasteiger partial charge in [0.25, 0.3) is 0 Å². The molecule has 0 radical (unpaired) electrons. The van der Waals surface area contributed by atoms with Gasteiger partial charge in [0.15, 0.2) is 0 Å². The maximum atomic E-state index is 5.77. The summed E-state index contributed by atoms with van der Waals surface area (Å²) in [6, 6.07) is 11.8. The summed E-state index contributed by atoms with van der Waals surface area (Å²) < 4.78 is 5.77. The molecule has 0 bridgehead atoms. The summed E-state index contributed by atoms with van der Waals surface area (Å²) in [5.41, 5.74) is 2.13. The second-order valence-electron chi connectivity index (χ2n) is 6.15. The van der Waals surface area contributed by atoms with Crippen molar-refractivity contribution < 1.29 is 4.74 Å². The fourth-order valence-electron chi connectivity index (χ4n) is 2.42. The molecule has 0 atom stereocenters. The van der Waals surface area contributed by atoms with Crippen LogP contribution in [0.15, 0.2) is 42.6 Å². The van der Waals surface area contributed by atoms with Crippen molar-refractivity contribution in [2.45, 2.75) is 33.1 Å². The molecule has 0 saturated carbocycles. The number of ether oxygens (including phenoxy) is 1. The molecule has 6 heteroatoms. The molecule has 0 fully saturated rings. The van der Waals surface area contributed by atoms with E-state index in [1.54, 1.807) is 12.3 Å². The van der Waals surface area contributed by atoms with E-state index in [1.807, 2.05) is 18.2 Å². The number of hydrogen-bond donors (Lipinski definition) is 1. The zero-order valence-electron chi connectivity index (χ0n) is 13.9. The number of rotatable bonds is 7. The Bertz CT molecular complexity index is 736. The summed E-state index contributed by atoms with van der Waals surface area (Å²) in [7, 11) is 0. The van der Waals surface area contributed by atoms with E-state index in [9.17, 15) is 0 Å². The number of benzene rings is 1.